The van der Waals surface area contributed by atoms with Crippen molar-refractivity contribution in [1.29, 1.82) is 0 Å². The maximum Gasteiger partial charge on any atom is 0.219 e. The fourth-order valence-electron chi connectivity index (χ4n) is 3.87. The lowest BCUT2D eigenvalue weighted by atomic mass is 9.95. The van der Waals surface area contributed by atoms with Crippen molar-refractivity contribution in [2.75, 3.05) is 32.8 Å². The Morgan fingerprint density at radius 1 is 1.24 bits per heavy atom. The van der Waals surface area contributed by atoms with Gasteiger partial charge in [0.1, 0.15) is 5.82 Å². The zero-order valence-corrected chi connectivity index (χ0v) is 15.1. The SMILES string of the molecule is CC(=O)N(CC1CCN(Cc2ccccc2F)CC1)C[C@H]1CCCO1. The molecule has 5 heteroatoms. The highest BCUT2D eigenvalue weighted by atomic mass is 19.1. The van der Waals surface area contributed by atoms with E-state index in [9.17, 15) is 9.18 Å². The van der Waals surface area contributed by atoms with Crippen LogP contribution in [0.4, 0.5) is 4.39 Å². The molecular formula is C20H29FN2O2. The van der Waals surface area contributed by atoms with Crippen LogP contribution in [0.1, 0.15) is 38.2 Å². The molecule has 0 bridgehead atoms. The molecule has 2 saturated heterocycles. The summed E-state index contributed by atoms with van der Waals surface area (Å²) in [7, 11) is 0. The normalized spacial score (nSPS) is 22.2. The molecule has 1 amide bonds. The number of carbonyl (C=O) groups excluding carboxylic acids is 1. The molecule has 25 heavy (non-hydrogen) atoms. The molecule has 0 aromatic heterocycles. The van der Waals surface area contributed by atoms with Crippen molar-refractivity contribution in [3.8, 4) is 0 Å². The van der Waals surface area contributed by atoms with Crippen molar-refractivity contribution in [1.82, 2.24) is 9.80 Å². The number of hydrogen-bond donors (Lipinski definition) is 0. The molecule has 0 radical (unpaired) electrons. The Hall–Kier alpha value is -1.46. The average molecular weight is 348 g/mol. The van der Waals surface area contributed by atoms with E-state index < -0.39 is 0 Å². The van der Waals surface area contributed by atoms with E-state index in [0.29, 0.717) is 12.5 Å². The minimum Gasteiger partial charge on any atom is -0.376 e. The molecule has 138 valence electrons. The third-order valence-electron chi connectivity index (χ3n) is 5.43. The quantitative estimate of drug-likeness (QED) is 0.792. The molecule has 0 N–H and O–H groups in total. The second-order valence-electron chi connectivity index (χ2n) is 7.37. The van der Waals surface area contributed by atoms with Gasteiger partial charge in [0.15, 0.2) is 0 Å². The predicted molar refractivity (Wildman–Crippen MR) is 95.6 cm³/mol. The Morgan fingerprint density at radius 2 is 2.00 bits per heavy atom. The van der Waals surface area contributed by atoms with Gasteiger partial charge in [-0.2, -0.15) is 0 Å². The zero-order chi connectivity index (χ0) is 17.6. The van der Waals surface area contributed by atoms with Gasteiger partial charge in [0.05, 0.1) is 6.10 Å². The summed E-state index contributed by atoms with van der Waals surface area (Å²) in [6.07, 6.45) is 4.49. The number of likely N-dealkylation sites (tertiary alicyclic amines) is 1. The van der Waals surface area contributed by atoms with Crippen LogP contribution in [0.3, 0.4) is 0 Å². The molecule has 2 aliphatic rings. The van der Waals surface area contributed by atoms with Crippen molar-refractivity contribution in [2.45, 2.75) is 45.3 Å². The first-order valence-electron chi connectivity index (χ1n) is 9.44. The smallest absolute Gasteiger partial charge is 0.219 e. The molecule has 1 aromatic rings. The summed E-state index contributed by atoms with van der Waals surface area (Å²) in [5.74, 6) is 0.551. The first kappa shape index (κ1) is 18.3. The number of carbonyl (C=O) groups is 1. The van der Waals surface area contributed by atoms with E-state index in [-0.39, 0.29) is 17.8 Å². The van der Waals surface area contributed by atoms with Crippen LogP contribution >= 0.6 is 0 Å². The van der Waals surface area contributed by atoms with Gasteiger partial charge < -0.3 is 9.64 Å². The molecule has 0 unspecified atom stereocenters. The first-order valence-corrected chi connectivity index (χ1v) is 9.44. The topological polar surface area (TPSA) is 32.8 Å². The Morgan fingerprint density at radius 3 is 2.64 bits per heavy atom. The third kappa shape index (κ3) is 5.25. The number of amides is 1. The predicted octanol–water partition coefficient (Wildman–Crippen LogP) is 3.07. The van der Waals surface area contributed by atoms with Crippen molar-refractivity contribution >= 4 is 5.91 Å². The molecule has 2 aliphatic heterocycles. The van der Waals surface area contributed by atoms with Gasteiger partial charge in [0.2, 0.25) is 5.91 Å². The van der Waals surface area contributed by atoms with Gasteiger partial charge >= 0.3 is 0 Å². The van der Waals surface area contributed by atoms with Gasteiger partial charge in [0, 0.05) is 38.7 Å². The van der Waals surface area contributed by atoms with Crippen molar-refractivity contribution in [2.24, 2.45) is 5.92 Å². The van der Waals surface area contributed by atoms with E-state index in [1.54, 1.807) is 13.0 Å². The van der Waals surface area contributed by atoms with Crippen molar-refractivity contribution in [3.05, 3.63) is 35.6 Å². The molecule has 2 heterocycles. The maximum atomic E-state index is 13.8. The average Bonchev–Trinajstić information content (AvgIpc) is 3.11. The van der Waals surface area contributed by atoms with Gasteiger partial charge in [-0.3, -0.25) is 9.69 Å². The van der Waals surface area contributed by atoms with Crippen LogP contribution in [0, 0.1) is 11.7 Å². The van der Waals surface area contributed by atoms with Crippen LogP contribution in [-0.4, -0.2) is 54.6 Å². The first-order chi connectivity index (χ1) is 12.1. The summed E-state index contributed by atoms with van der Waals surface area (Å²) >= 11 is 0. The largest absolute Gasteiger partial charge is 0.376 e. The summed E-state index contributed by atoms with van der Waals surface area (Å²) in [4.78, 5) is 16.2. The summed E-state index contributed by atoms with van der Waals surface area (Å²) in [6.45, 7) is 6.63. The summed E-state index contributed by atoms with van der Waals surface area (Å²) in [5, 5.41) is 0. The number of hydrogen-bond acceptors (Lipinski definition) is 3. The van der Waals surface area contributed by atoms with Crippen LogP contribution in [0.25, 0.3) is 0 Å². The third-order valence-corrected chi connectivity index (χ3v) is 5.43. The minimum atomic E-state index is -0.121. The van der Waals surface area contributed by atoms with E-state index in [4.69, 9.17) is 4.74 Å². The number of halogens is 1. The van der Waals surface area contributed by atoms with Gasteiger partial charge in [-0.1, -0.05) is 18.2 Å². The highest BCUT2D eigenvalue weighted by Gasteiger charge is 2.26. The maximum absolute atomic E-state index is 13.8. The Labute approximate surface area is 149 Å². The molecule has 3 rings (SSSR count). The van der Waals surface area contributed by atoms with Crippen LogP contribution in [0.5, 0.6) is 0 Å². The van der Waals surface area contributed by atoms with E-state index >= 15 is 0 Å². The lowest BCUT2D eigenvalue weighted by Crippen LogP contribution is -2.42. The van der Waals surface area contributed by atoms with Crippen LogP contribution in [-0.2, 0) is 16.1 Å². The van der Waals surface area contributed by atoms with Gasteiger partial charge in [-0.25, -0.2) is 4.39 Å². The Kier molecular flexibility index (Phi) is 6.43. The summed E-state index contributed by atoms with van der Waals surface area (Å²) < 4.78 is 19.5. The minimum absolute atomic E-state index is 0.121. The molecule has 1 atom stereocenters. The molecule has 2 fully saturated rings. The number of benzene rings is 1. The number of ether oxygens (including phenoxy) is 1. The van der Waals surface area contributed by atoms with Crippen LogP contribution in [0.2, 0.25) is 0 Å². The van der Waals surface area contributed by atoms with E-state index in [1.807, 2.05) is 17.0 Å². The van der Waals surface area contributed by atoms with Crippen molar-refractivity contribution < 1.29 is 13.9 Å². The highest BCUT2D eigenvalue weighted by molar-refractivity contribution is 5.73. The fourth-order valence-corrected chi connectivity index (χ4v) is 3.87. The lowest BCUT2D eigenvalue weighted by Gasteiger charge is -2.35. The van der Waals surface area contributed by atoms with Gasteiger partial charge in [0.25, 0.3) is 0 Å². The monoisotopic (exact) mass is 348 g/mol. The van der Waals surface area contributed by atoms with Gasteiger partial charge in [-0.05, 0) is 50.8 Å². The fraction of sp³-hybridized carbons (Fsp3) is 0.650. The van der Waals surface area contributed by atoms with E-state index in [2.05, 4.69) is 4.90 Å². The molecule has 4 nitrogen and oxygen atoms in total. The number of piperidine rings is 1. The standard InChI is InChI=1S/C20H29FN2O2/c1-16(24)23(15-19-6-4-12-25-19)13-17-8-10-22(11-9-17)14-18-5-2-3-7-20(18)21/h2-3,5,7,17,19H,4,6,8-15H2,1H3/t19-/m1/s1. The molecular weight excluding hydrogens is 319 g/mol. The summed E-state index contributed by atoms with van der Waals surface area (Å²) in [5.41, 5.74) is 0.768. The molecule has 0 aliphatic carbocycles. The second kappa shape index (κ2) is 8.77. The van der Waals surface area contributed by atoms with Crippen molar-refractivity contribution in [3.63, 3.8) is 0 Å². The second-order valence-corrected chi connectivity index (χ2v) is 7.37. The van der Waals surface area contributed by atoms with Crippen LogP contribution in [0.15, 0.2) is 24.3 Å². The number of rotatable bonds is 6. The highest BCUT2D eigenvalue weighted by Crippen LogP contribution is 2.22. The zero-order valence-electron chi connectivity index (χ0n) is 15.1. The molecule has 0 saturated carbocycles. The Bertz CT molecular complexity index is 567. The van der Waals surface area contributed by atoms with E-state index in [0.717, 1.165) is 64.0 Å². The van der Waals surface area contributed by atoms with Crippen LogP contribution < -0.4 is 0 Å². The Balaban J connectivity index is 1.46. The lowest BCUT2D eigenvalue weighted by molar-refractivity contribution is -0.131. The summed E-state index contributed by atoms with van der Waals surface area (Å²) in [6, 6.07) is 7.01. The number of nitrogens with zero attached hydrogens (tertiary/aromatic N) is 2. The van der Waals surface area contributed by atoms with E-state index in [1.165, 1.54) is 6.07 Å². The molecule has 0 spiro atoms. The van der Waals surface area contributed by atoms with Gasteiger partial charge in [-0.15, -0.1) is 0 Å². The molecule has 1 aromatic carbocycles.